The molecule has 1 unspecified atom stereocenters. The summed E-state index contributed by atoms with van der Waals surface area (Å²) in [5, 5.41) is 18.4. The Morgan fingerprint density at radius 1 is 1.02 bits per heavy atom. The second-order valence-corrected chi connectivity index (χ2v) is 13.1. The highest BCUT2D eigenvalue weighted by Gasteiger charge is 2.47. The molecule has 7 heteroatoms. The van der Waals surface area contributed by atoms with Crippen molar-refractivity contribution in [2.45, 2.75) is 109 Å². The van der Waals surface area contributed by atoms with Crippen LogP contribution in [0, 0.1) is 13.8 Å². The molecule has 0 spiro atoms. The van der Waals surface area contributed by atoms with Crippen LogP contribution in [0.2, 0.25) is 0 Å². The van der Waals surface area contributed by atoms with Crippen molar-refractivity contribution in [2.24, 2.45) is 0 Å². The van der Waals surface area contributed by atoms with Crippen LogP contribution in [-0.4, -0.2) is 58.4 Å². The van der Waals surface area contributed by atoms with Crippen molar-refractivity contribution >= 4 is 5.91 Å². The number of amides is 1. The highest BCUT2D eigenvalue weighted by atomic mass is 16.5. The molecular weight excluding hydrogens is 564 g/mol. The summed E-state index contributed by atoms with van der Waals surface area (Å²) in [6.07, 6.45) is 13.3. The van der Waals surface area contributed by atoms with E-state index in [2.05, 4.69) is 55.2 Å². The lowest BCUT2D eigenvalue weighted by atomic mass is 9.95. The largest absolute Gasteiger partial charge is 0.490 e. The van der Waals surface area contributed by atoms with E-state index in [0.29, 0.717) is 32.1 Å². The van der Waals surface area contributed by atoms with E-state index in [9.17, 15) is 9.90 Å². The van der Waals surface area contributed by atoms with Crippen LogP contribution < -0.4 is 4.74 Å². The lowest BCUT2D eigenvalue weighted by Crippen LogP contribution is -2.27. The molecule has 45 heavy (non-hydrogen) atoms. The summed E-state index contributed by atoms with van der Waals surface area (Å²) in [7, 11) is 1.85. The molecule has 2 aliphatic rings. The first-order valence-electron chi connectivity index (χ1n) is 16.8. The summed E-state index contributed by atoms with van der Waals surface area (Å²) in [6, 6.07) is 15.0. The van der Waals surface area contributed by atoms with E-state index in [-0.39, 0.29) is 18.1 Å². The van der Waals surface area contributed by atoms with Crippen molar-refractivity contribution in [1.82, 2.24) is 9.88 Å². The highest BCUT2D eigenvalue weighted by molar-refractivity contribution is 5.76. The number of aliphatic hydroxyl groups excluding tert-OH is 2. The molecule has 5 rings (SSSR count). The van der Waals surface area contributed by atoms with Crippen LogP contribution in [0.4, 0.5) is 0 Å². The molecule has 0 aliphatic heterocycles. The zero-order chi connectivity index (χ0) is 31.8. The van der Waals surface area contributed by atoms with Crippen LogP contribution in [0.3, 0.4) is 0 Å². The number of nitrogens with zero attached hydrogens (tertiary/aromatic N) is 2. The van der Waals surface area contributed by atoms with Gasteiger partial charge in [-0.05, 0) is 118 Å². The molecule has 1 atom stereocenters. The van der Waals surface area contributed by atoms with Crippen LogP contribution in [-0.2, 0) is 28.2 Å². The normalized spacial score (nSPS) is 15.9. The van der Waals surface area contributed by atoms with Gasteiger partial charge in [-0.15, -0.1) is 0 Å². The van der Waals surface area contributed by atoms with Crippen molar-refractivity contribution < 1.29 is 24.5 Å². The summed E-state index contributed by atoms with van der Waals surface area (Å²) in [6.45, 7) is 5.38. The maximum atomic E-state index is 12.5. The van der Waals surface area contributed by atoms with Gasteiger partial charge in [-0.25, -0.2) is 0 Å². The molecule has 1 amide bonds. The number of pyridine rings is 1. The molecule has 7 nitrogen and oxygen atoms in total. The average molecular weight is 615 g/mol. The van der Waals surface area contributed by atoms with E-state index in [0.717, 1.165) is 80.2 Å². The summed E-state index contributed by atoms with van der Waals surface area (Å²) in [4.78, 5) is 18.8. The van der Waals surface area contributed by atoms with Gasteiger partial charge in [0.25, 0.3) is 0 Å². The Bertz CT molecular complexity index is 1430. The first kappa shape index (κ1) is 33.1. The van der Waals surface area contributed by atoms with Gasteiger partial charge in [-0.3, -0.25) is 9.78 Å². The average Bonchev–Trinajstić information content (AvgIpc) is 3.99. The molecule has 0 saturated heterocycles. The third kappa shape index (κ3) is 8.93. The minimum absolute atomic E-state index is 0.169. The van der Waals surface area contributed by atoms with Gasteiger partial charge in [0.1, 0.15) is 5.75 Å². The fourth-order valence-corrected chi connectivity index (χ4v) is 6.06. The number of aromatic nitrogens is 1. The van der Waals surface area contributed by atoms with E-state index < -0.39 is 6.10 Å². The molecule has 2 fully saturated rings. The fourth-order valence-electron chi connectivity index (χ4n) is 6.06. The fraction of sp³-hybridized carbons (Fsp3) is 0.526. The van der Waals surface area contributed by atoms with E-state index in [1.165, 1.54) is 22.3 Å². The van der Waals surface area contributed by atoms with Gasteiger partial charge in [-0.1, -0.05) is 30.3 Å². The van der Waals surface area contributed by atoms with Crippen LogP contribution in [0.15, 0.2) is 54.9 Å². The number of aliphatic hydroxyl groups is 2. The smallest absolute Gasteiger partial charge is 0.222 e. The van der Waals surface area contributed by atoms with E-state index in [1.54, 1.807) is 4.90 Å². The molecule has 1 aromatic heterocycles. The van der Waals surface area contributed by atoms with Gasteiger partial charge in [0, 0.05) is 43.5 Å². The van der Waals surface area contributed by atoms with Crippen molar-refractivity contribution in [3.8, 4) is 16.9 Å². The first-order valence-corrected chi connectivity index (χ1v) is 16.8. The SMILES string of the molecule is Cc1cc(COC2(c3cnccc3-c3ccccc3OC3CC3)CC2)c(C)cc1CCCCC(=O)N(C)CCCCC(O)CO. The standard InChI is InChI=1S/C38H50N2O5/c1-27-23-30(28(2)22-29(27)10-4-7-14-37(43)40(3)21-9-8-11-31(42)25-41)26-44-38(18-19-38)35-24-39-20-17-33(35)34-12-5-6-13-36(34)45-32-15-16-32/h5-6,12-13,17,20,22-24,31-32,41-42H,4,7-11,14-16,18-19,21,25-26H2,1-3H3. The summed E-state index contributed by atoms with van der Waals surface area (Å²) in [5.74, 6) is 1.11. The summed E-state index contributed by atoms with van der Waals surface area (Å²) < 4.78 is 13.0. The van der Waals surface area contributed by atoms with Gasteiger partial charge in [-0.2, -0.15) is 0 Å². The lowest BCUT2D eigenvalue weighted by Gasteiger charge is -2.22. The van der Waals surface area contributed by atoms with Crippen molar-refractivity contribution in [3.05, 3.63) is 82.7 Å². The number of aryl methyl sites for hydroxylation is 3. The topological polar surface area (TPSA) is 92.1 Å². The van der Waals surface area contributed by atoms with Crippen molar-refractivity contribution in [1.29, 1.82) is 0 Å². The Morgan fingerprint density at radius 3 is 2.53 bits per heavy atom. The number of carbonyl (C=O) groups is 1. The molecule has 2 aromatic carbocycles. The van der Waals surface area contributed by atoms with Gasteiger partial charge in [0.15, 0.2) is 0 Å². The second kappa shape index (κ2) is 15.4. The molecule has 0 bridgehead atoms. The monoisotopic (exact) mass is 614 g/mol. The Hall–Kier alpha value is -3.26. The number of unbranched alkanes of at least 4 members (excludes halogenated alkanes) is 2. The Kier molecular flexibility index (Phi) is 11.3. The molecule has 3 aromatic rings. The number of ether oxygens (including phenoxy) is 2. The minimum Gasteiger partial charge on any atom is -0.490 e. The lowest BCUT2D eigenvalue weighted by molar-refractivity contribution is -0.130. The highest BCUT2D eigenvalue weighted by Crippen LogP contribution is 2.53. The molecule has 242 valence electrons. The van der Waals surface area contributed by atoms with Crippen molar-refractivity contribution in [3.63, 3.8) is 0 Å². The third-order valence-electron chi connectivity index (χ3n) is 9.31. The maximum Gasteiger partial charge on any atom is 0.222 e. The third-order valence-corrected chi connectivity index (χ3v) is 9.31. The molecule has 0 radical (unpaired) electrons. The van der Waals surface area contributed by atoms with Crippen molar-refractivity contribution in [2.75, 3.05) is 20.2 Å². The molecule has 2 N–H and O–H groups in total. The van der Waals surface area contributed by atoms with E-state index in [4.69, 9.17) is 14.6 Å². The summed E-state index contributed by atoms with van der Waals surface area (Å²) >= 11 is 0. The van der Waals surface area contributed by atoms with Gasteiger partial charge < -0.3 is 24.6 Å². The first-order chi connectivity index (χ1) is 21.8. The van der Waals surface area contributed by atoms with Crippen LogP contribution in [0.1, 0.15) is 92.0 Å². The molecule has 1 heterocycles. The number of carbonyl (C=O) groups excluding carboxylic acids is 1. The Morgan fingerprint density at radius 2 is 1.78 bits per heavy atom. The number of hydrogen-bond acceptors (Lipinski definition) is 6. The number of hydrogen-bond donors (Lipinski definition) is 2. The Labute approximate surface area is 268 Å². The van der Waals surface area contributed by atoms with E-state index in [1.807, 2.05) is 25.5 Å². The van der Waals surface area contributed by atoms with Gasteiger partial charge >= 0.3 is 0 Å². The molecule has 2 aliphatic carbocycles. The van der Waals surface area contributed by atoms with Crippen LogP contribution >= 0.6 is 0 Å². The number of para-hydroxylation sites is 1. The quantitative estimate of drug-likeness (QED) is 0.153. The number of rotatable bonds is 18. The zero-order valence-electron chi connectivity index (χ0n) is 27.3. The predicted molar refractivity (Wildman–Crippen MR) is 177 cm³/mol. The van der Waals surface area contributed by atoms with Gasteiger partial charge in [0.2, 0.25) is 5.91 Å². The van der Waals surface area contributed by atoms with Crippen LogP contribution in [0.5, 0.6) is 5.75 Å². The molecular formula is C38H50N2O5. The summed E-state index contributed by atoms with van der Waals surface area (Å²) in [5.41, 5.74) is 8.13. The van der Waals surface area contributed by atoms with Gasteiger partial charge in [0.05, 0.1) is 31.0 Å². The van der Waals surface area contributed by atoms with E-state index >= 15 is 0 Å². The number of benzene rings is 2. The maximum absolute atomic E-state index is 12.5. The molecule has 2 saturated carbocycles. The predicted octanol–water partition coefficient (Wildman–Crippen LogP) is 6.81. The second-order valence-electron chi connectivity index (χ2n) is 13.1. The minimum atomic E-state index is -0.657. The Balaban J connectivity index is 1.13. The van der Waals surface area contributed by atoms with Crippen LogP contribution in [0.25, 0.3) is 11.1 Å². The zero-order valence-corrected chi connectivity index (χ0v) is 27.3.